The molecule has 9 nitrogen and oxygen atoms in total. The number of aromatic nitrogens is 4. The van der Waals surface area contributed by atoms with Crippen LogP contribution in [0, 0.1) is 34.9 Å². The fraction of sp³-hybridized carbons (Fsp3) is 0.318. The van der Waals surface area contributed by atoms with Crippen LogP contribution in [0.5, 0.6) is 0 Å². The molecule has 4 heterocycles. The Labute approximate surface area is 186 Å². The summed E-state index contributed by atoms with van der Waals surface area (Å²) in [5.74, 6) is -1.01. The number of carbonyl (C=O) groups is 1. The lowest BCUT2D eigenvalue weighted by Gasteiger charge is -2.15. The van der Waals surface area contributed by atoms with E-state index in [1.807, 2.05) is 0 Å². The molecule has 3 aromatic rings. The Bertz CT molecular complexity index is 1290. The Balaban J connectivity index is 1.23. The summed E-state index contributed by atoms with van der Waals surface area (Å²) in [5, 5.41) is 16.5. The second-order valence-electron chi connectivity index (χ2n) is 8.30. The van der Waals surface area contributed by atoms with E-state index in [0.717, 1.165) is 10.9 Å². The highest BCUT2D eigenvalue weighted by atomic mass is 19.1. The highest BCUT2D eigenvalue weighted by Gasteiger charge is 2.70. The van der Waals surface area contributed by atoms with Crippen LogP contribution in [0.2, 0.25) is 0 Å². The summed E-state index contributed by atoms with van der Waals surface area (Å²) in [4.78, 5) is 18.0. The molecule has 0 spiro atoms. The van der Waals surface area contributed by atoms with Gasteiger partial charge in [-0.15, -0.1) is 0 Å². The first-order chi connectivity index (χ1) is 16.0. The van der Waals surface area contributed by atoms with Crippen molar-refractivity contribution in [2.45, 2.75) is 11.6 Å². The molecule has 2 aromatic heterocycles. The van der Waals surface area contributed by atoms with Gasteiger partial charge in [-0.2, -0.15) is 9.65 Å². The van der Waals surface area contributed by atoms with E-state index in [4.69, 9.17) is 9.47 Å². The Morgan fingerprint density at radius 1 is 1.18 bits per heavy atom. The molecule has 3 aliphatic rings. The summed E-state index contributed by atoms with van der Waals surface area (Å²) < 4.78 is 39.8. The van der Waals surface area contributed by atoms with Crippen LogP contribution in [0.3, 0.4) is 0 Å². The molecular weight excluding hydrogens is 434 g/mol. The third kappa shape index (κ3) is 2.91. The Morgan fingerprint density at radius 3 is 2.64 bits per heavy atom. The van der Waals surface area contributed by atoms with Crippen LogP contribution in [0.15, 0.2) is 42.7 Å². The predicted octanol–water partition coefficient (Wildman–Crippen LogP) is 2.81. The van der Waals surface area contributed by atoms with Crippen LogP contribution < -0.4 is 4.90 Å². The van der Waals surface area contributed by atoms with E-state index in [1.54, 1.807) is 30.5 Å². The summed E-state index contributed by atoms with van der Waals surface area (Å²) in [7, 11) is 0. The van der Waals surface area contributed by atoms with E-state index in [2.05, 4.69) is 21.4 Å². The van der Waals surface area contributed by atoms with Gasteiger partial charge in [-0.05, 0) is 24.3 Å². The normalized spacial score (nSPS) is 27.8. The molecule has 3 fully saturated rings. The zero-order chi connectivity index (χ0) is 22.7. The lowest BCUT2D eigenvalue weighted by atomic mass is 9.96. The zero-order valence-corrected chi connectivity index (χ0v) is 17.1. The highest BCUT2D eigenvalue weighted by molar-refractivity contribution is 5.90. The van der Waals surface area contributed by atoms with Crippen molar-refractivity contribution < 1.29 is 23.0 Å². The molecule has 11 heteroatoms. The fourth-order valence-electron chi connectivity index (χ4n) is 4.85. The van der Waals surface area contributed by atoms with E-state index in [1.165, 1.54) is 11.0 Å². The SMILES string of the molecule is N#CC1(c2ccc(-c3ccc(N4CC(n5cc(F)nn5)OC4=O)cc3F)cn2)[C@@H]2COC[C@@H]21. The van der Waals surface area contributed by atoms with E-state index in [9.17, 15) is 18.8 Å². The van der Waals surface area contributed by atoms with Crippen molar-refractivity contribution in [1.82, 2.24) is 20.0 Å². The van der Waals surface area contributed by atoms with E-state index in [-0.39, 0.29) is 18.4 Å². The molecule has 1 amide bonds. The van der Waals surface area contributed by atoms with Gasteiger partial charge in [0.25, 0.3) is 5.95 Å². The monoisotopic (exact) mass is 450 g/mol. The number of pyridine rings is 1. The number of amides is 1. The van der Waals surface area contributed by atoms with Gasteiger partial charge in [0.1, 0.15) is 11.2 Å². The molecule has 0 N–H and O–H groups in total. The summed E-state index contributed by atoms with van der Waals surface area (Å²) in [5.41, 5.74) is 1.23. The van der Waals surface area contributed by atoms with Gasteiger partial charge in [0.15, 0.2) is 0 Å². The number of carbonyl (C=O) groups excluding carboxylic acids is 1. The maximum absolute atomic E-state index is 15.0. The number of nitriles is 1. The number of anilines is 1. The van der Waals surface area contributed by atoms with Crippen molar-refractivity contribution in [2.75, 3.05) is 24.7 Å². The van der Waals surface area contributed by atoms with Crippen LogP contribution in [0.1, 0.15) is 11.9 Å². The topological polar surface area (TPSA) is 106 Å². The lowest BCUT2D eigenvalue weighted by Crippen LogP contribution is -2.24. The number of halogens is 2. The number of ether oxygens (including phenoxy) is 2. The van der Waals surface area contributed by atoms with Gasteiger partial charge in [-0.1, -0.05) is 16.4 Å². The van der Waals surface area contributed by atoms with Gasteiger partial charge in [-0.25, -0.2) is 13.9 Å². The largest absolute Gasteiger partial charge is 0.421 e. The van der Waals surface area contributed by atoms with Gasteiger partial charge in [0.2, 0.25) is 6.23 Å². The van der Waals surface area contributed by atoms with E-state index < -0.39 is 29.5 Å². The third-order valence-electron chi connectivity index (χ3n) is 6.66. The van der Waals surface area contributed by atoms with Gasteiger partial charge in [-0.3, -0.25) is 9.88 Å². The fourth-order valence-corrected chi connectivity index (χ4v) is 4.85. The average molecular weight is 450 g/mol. The number of rotatable bonds is 4. The van der Waals surface area contributed by atoms with Gasteiger partial charge in [0, 0.05) is 29.2 Å². The van der Waals surface area contributed by atoms with Crippen molar-refractivity contribution in [3.8, 4) is 17.2 Å². The van der Waals surface area contributed by atoms with Gasteiger partial charge < -0.3 is 9.47 Å². The van der Waals surface area contributed by atoms with Crippen LogP contribution in [-0.4, -0.2) is 45.8 Å². The Morgan fingerprint density at radius 2 is 2.00 bits per heavy atom. The summed E-state index contributed by atoms with van der Waals surface area (Å²) >= 11 is 0. The van der Waals surface area contributed by atoms with E-state index >= 15 is 0 Å². The molecule has 4 atom stereocenters. The van der Waals surface area contributed by atoms with Crippen LogP contribution >= 0.6 is 0 Å². The third-order valence-corrected chi connectivity index (χ3v) is 6.66. The standard InChI is InChI=1S/C22H16F2N6O3/c23-17-5-13(29-8-20(33-21(29)31)30-7-19(24)27-28-30)2-3-14(17)12-1-4-18(26-6-12)22(11-25)15-9-32-10-16(15)22/h1-7,15-16,20H,8-10H2/t15-,16+,20?,22?. The molecule has 166 valence electrons. The minimum atomic E-state index is -0.867. The summed E-state index contributed by atoms with van der Waals surface area (Å²) in [6.07, 6.45) is 1.00. The molecule has 1 aromatic carbocycles. The minimum Gasteiger partial charge on any atom is -0.421 e. The molecule has 33 heavy (non-hydrogen) atoms. The molecular formula is C22H16F2N6O3. The van der Waals surface area contributed by atoms with Crippen LogP contribution in [0.25, 0.3) is 11.1 Å². The first-order valence-corrected chi connectivity index (χ1v) is 10.3. The van der Waals surface area contributed by atoms with Crippen molar-refractivity contribution in [2.24, 2.45) is 11.8 Å². The molecule has 0 bridgehead atoms. The zero-order valence-electron chi connectivity index (χ0n) is 17.1. The Hall–Kier alpha value is -3.91. The van der Waals surface area contributed by atoms with Crippen LogP contribution in [-0.2, 0) is 14.9 Å². The number of cyclic esters (lactones) is 1. The first-order valence-electron chi connectivity index (χ1n) is 10.3. The minimum absolute atomic E-state index is 0.0267. The van der Waals surface area contributed by atoms with E-state index in [0.29, 0.717) is 35.7 Å². The maximum atomic E-state index is 15.0. The molecule has 2 saturated heterocycles. The second kappa shape index (κ2) is 7.05. The number of nitrogens with zero attached hydrogens (tertiary/aromatic N) is 6. The molecule has 2 aliphatic heterocycles. The van der Waals surface area contributed by atoms with Gasteiger partial charge >= 0.3 is 6.09 Å². The van der Waals surface area contributed by atoms with Crippen molar-refractivity contribution >= 4 is 11.8 Å². The molecule has 1 aliphatic carbocycles. The second-order valence-corrected chi connectivity index (χ2v) is 8.30. The lowest BCUT2D eigenvalue weighted by molar-refractivity contribution is 0.0921. The quantitative estimate of drug-likeness (QED) is 0.602. The van der Waals surface area contributed by atoms with Crippen molar-refractivity contribution in [3.05, 3.63) is 60.2 Å². The number of benzene rings is 1. The van der Waals surface area contributed by atoms with Gasteiger partial charge in [0.05, 0.1) is 43.4 Å². The molecule has 2 unspecified atom stereocenters. The predicted molar refractivity (Wildman–Crippen MR) is 108 cm³/mol. The highest BCUT2D eigenvalue weighted by Crippen LogP contribution is 2.62. The Kier molecular flexibility index (Phi) is 4.22. The first kappa shape index (κ1) is 19.8. The van der Waals surface area contributed by atoms with Crippen molar-refractivity contribution in [3.63, 3.8) is 0 Å². The molecule has 1 saturated carbocycles. The van der Waals surface area contributed by atoms with Crippen molar-refractivity contribution in [1.29, 1.82) is 5.26 Å². The molecule has 6 rings (SSSR count). The smallest absolute Gasteiger partial charge is 0.416 e. The average Bonchev–Trinajstić information content (AvgIpc) is 3.30. The number of fused-ring (bicyclic) bond motifs is 1. The summed E-state index contributed by atoms with van der Waals surface area (Å²) in [6.45, 7) is 1.14. The molecule has 0 radical (unpaired) electrons. The van der Waals surface area contributed by atoms with Crippen LogP contribution in [0.4, 0.5) is 19.3 Å². The number of hydrogen-bond donors (Lipinski definition) is 0. The number of hydrogen-bond acceptors (Lipinski definition) is 7. The summed E-state index contributed by atoms with van der Waals surface area (Å²) in [6, 6.07) is 10.3. The maximum Gasteiger partial charge on any atom is 0.416 e.